The summed E-state index contributed by atoms with van der Waals surface area (Å²) in [6.45, 7) is 7.22. The lowest BCUT2D eigenvalue weighted by atomic mass is 10.2. The Hall–Kier alpha value is -1.14. The number of rotatable bonds is 4. The van der Waals surface area contributed by atoms with Crippen LogP contribution in [0.4, 0.5) is 0 Å². The van der Waals surface area contributed by atoms with Gasteiger partial charge in [0.05, 0.1) is 6.61 Å². The predicted octanol–water partition coefficient (Wildman–Crippen LogP) is 2.28. The Balaban J connectivity index is 3.43. The average Bonchev–Trinajstić information content (AvgIpc) is 2.55. The molecular formula is C11H14O4S2. The first-order valence-corrected chi connectivity index (χ1v) is 7.66. The van der Waals surface area contributed by atoms with Crippen molar-refractivity contribution in [1.82, 2.24) is 0 Å². The summed E-state index contributed by atoms with van der Waals surface area (Å²) in [7, 11) is -3.36. The van der Waals surface area contributed by atoms with Gasteiger partial charge in [-0.15, -0.1) is 11.3 Å². The maximum absolute atomic E-state index is 11.6. The number of carbonyl (C=O) groups is 1. The van der Waals surface area contributed by atoms with Gasteiger partial charge < -0.3 is 4.74 Å². The maximum Gasteiger partial charge on any atom is 0.348 e. The quantitative estimate of drug-likeness (QED) is 0.790. The zero-order valence-electron chi connectivity index (χ0n) is 9.94. The number of ether oxygens (including phenoxy) is 1. The van der Waals surface area contributed by atoms with Crippen LogP contribution in [0.15, 0.2) is 10.8 Å². The van der Waals surface area contributed by atoms with Gasteiger partial charge in [0.2, 0.25) is 0 Å². The molecule has 1 aromatic heterocycles. The van der Waals surface area contributed by atoms with Gasteiger partial charge in [0.1, 0.15) is 9.09 Å². The van der Waals surface area contributed by atoms with E-state index in [9.17, 15) is 13.2 Å². The molecule has 1 aromatic rings. The number of carbonyl (C=O) groups excluding carboxylic acids is 1. The molecule has 1 rings (SSSR count). The van der Waals surface area contributed by atoms with E-state index in [1.54, 1.807) is 13.8 Å². The van der Waals surface area contributed by atoms with Crippen LogP contribution in [0.5, 0.6) is 0 Å². The highest BCUT2D eigenvalue weighted by Gasteiger charge is 2.24. The van der Waals surface area contributed by atoms with Gasteiger partial charge in [-0.25, -0.2) is 13.2 Å². The van der Waals surface area contributed by atoms with Crippen molar-refractivity contribution in [1.29, 1.82) is 0 Å². The molecule has 1 heterocycles. The van der Waals surface area contributed by atoms with Gasteiger partial charge in [0.15, 0.2) is 9.84 Å². The number of thiophene rings is 1. The van der Waals surface area contributed by atoms with Crippen molar-refractivity contribution in [3.63, 3.8) is 0 Å². The van der Waals surface area contributed by atoms with Crippen molar-refractivity contribution >= 4 is 33.2 Å². The van der Waals surface area contributed by atoms with Crippen molar-refractivity contribution < 1.29 is 17.9 Å². The Labute approximate surface area is 105 Å². The van der Waals surface area contributed by atoms with Crippen molar-refractivity contribution in [2.45, 2.75) is 18.1 Å². The molecular weight excluding hydrogens is 260 g/mol. The predicted molar refractivity (Wildman–Crippen MR) is 68.2 cm³/mol. The third-order valence-electron chi connectivity index (χ3n) is 2.16. The Morgan fingerprint density at radius 3 is 2.47 bits per heavy atom. The third-order valence-corrected chi connectivity index (χ3v) is 5.29. The molecule has 0 amide bonds. The van der Waals surface area contributed by atoms with Gasteiger partial charge in [0, 0.05) is 11.8 Å². The highest BCUT2D eigenvalue weighted by Crippen LogP contribution is 2.33. The zero-order chi connectivity index (χ0) is 13.2. The number of hydrogen-bond donors (Lipinski definition) is 0. The largest absolute Gasteiger partial charge is 0.462 e. The Morgan fingerprint density at radius 1 is 1.53 bits per heavy atom. The molecule has 0 N–H and O–H groups in total. The summed E-state index contributed by atoms with van der Waals surface area (Å²) in [5.74, 6) is -0.493. The van der Waals surface area contributed by atoms with Crippen molar-refractivity contribution in [3.8, 4) is 0 Å². The van der Waals surface area contributed by atoms with Crippen molar-refractivity contribution in [2.24, 2.45) is 0 Å². The normalized spacial score (nSPS) is 11.2. The second kappa shape index (κ2) is 5.01. The van der Waals surface area contributed by atoms with E-state index in [0.717, 1.165) is 17.6 Å². The molecule has 0 spiro atoms. The Morgan fingerprint density at radius 2 is 2.12 bits per heavy atom. The summed E-state index contributed by atoms with van der Waals surface area (Å²) >= 11 is 0.932. The molecule has 0 saturated heterocycles. The molecule has 6 heteroatoms. The molecule has 4 nitrogen and oxygen atoms in total. The SMILES string of the molecule is C=Cc1c(S(C)(=O)=O)sc(C(=O)OCC)c1C. The lowest BCUT2D eigenvalue weighted by Gasteiger charge is -1.99. The second-order valence-corrected chi connectivity index (χ2v) is 6.69. The number of sulfone groups is 1. The topological polar surface area (TPSA) is 60.4 Å². The summed E-state index contributed by atoms with van der Waals surface area (Å²) in [4.78, 5) is 12.0. The fourth-order valence-corrected chi connectivity index (χ4v) is 3.83. The van der Waals surface area contributed by atoms with Crippen LogP contribution in [0.25, 0.3) is 6.08 Å². The van der Waals surface area contributed by atoms with Crippen LogP contribution >= 0.6 is 11.3 Å². The van der Waals surface area contributed by atoms with E-state index < -0.39 is 15.8 Å². The number of hydrogen-bond acceptors (Lipinski definition) is 5. The minimum atomic E-state index is -3.36. The van der Waals surface area contributed by atoms with E-state index in [1.165, 1.54) is 6.08 Å². The molecule has 0 aromatic carbocycles. The molecule has 17 heavy (non-hydrogen) atoms. The van der Waals surface area contributed by atoms with Crippen molar-refractivity contribution in [2.75, 3.05) is 12.9 Å². The van der Waals surface area contributed by atoms with Crippen LogP contribution in [0, 0.1) is 6.92 Å². The van der Waals surface area contributed by atoms with E-state index in [2.05, 4.69) is 6.58 Å². The minimum absolute atomic E-state index is 0.160. The van der Waals surface area contributed by atoms with Crippen LogP contribution < -0.4 is 0 Å². The lowest BCUT2D eigenvalue weighted by Crippen LogP contribution is -2.03. The molecule has 94 valence electrons. The van der Waals surface area contributed by atoms with E-state index in [1.807, 2.05) is 0 Å². The minimum Gasteiger partial charge on any atom is -0.462 e. The molecule has 0 aliphatic carbocycles. The van der Waals surface area contributed by atoms with Gasteiger partial charge in [-0.2, -0.15) is 0 Å². The summed E-state index contributed by atoms with van der Waals surface area (Å²) < 4.78 is 28.2. The molecule has 0 unspecified atom stereocenters. The van der Waals surface area contributed by atoms with Gasteiger partial charge in [-0.05, 0) is 19.4 Å². The molecule has 0 saturated carbocycles. The molecule has 0 bridgehead atoms. The van der Waals surface area contributed by atoms with Gasteiger partial charge in [-0.1, -0.05) is 12.7 Å². The molecule has 0 radical (unpaired) electrons. The standard InChI is InChI=1S/C11H14O4S2/c1-5-8-7(3)9(10(12)15-6-2)16-11(8)17(4,13)14/h5H,1,6H2,2-4H3. The summed E-state index contributed by atoms with van der Waals surface area (Å²) in [6, 6.07) is 0. The van der Waals surface area contributed by atoms with E-state index in [0.29, 0.717) is 16.0 Å². The third kappa shape index (κ3) is 2.76. The van der Waals surface area contributed by atoms with E-state index >= 15 is 0 Å². The molecule has 0 atom stereocenters. The van der Waals surface area contributed by atoms with Gasteiger partial charge in [-0.3, -0.25) is 0 Å². The second-order valence-electron chi connectivity index (χ2n) is 3.45. The van der Waals surface area contributed by atoms with Crippen LogP contribution in [-0.4, -0.2) is 27.2 Å². The first-order chi connectivity index (χ1) is 7.82. The fraction of sp³-hybridized carbons (Fsp3) is 0.364. The fourth-order valence-electron chi connectivity index (χ4n) is 1.40. The average molecular weight is 274 g/mol. The van der Waals surface area contributed by atoms with Crippen LogP contribution in [0.2, 0.25) is 0 Å². The van der Waals surface area contributed by atoms with Crippen LogP contribution in [0.1, 0.15) is 27.7 Å². The van der Waals surface area contributed by atoms with E-state index in [-0.39, 0.29) is 10.8 Å². The molecule has 0 fully saturated rings. The highest BCUT2D eigenvalue weighted by atomic mass is 32.2. The highest BCUT2D eigenvalue weighted by molar-refractivity contribution is 7.92. The smallest absolute Gasteiger partial charge is 0.348 e. The van der Waals surface area contributed by atoms with E-state index in [4.69, 9.17) is 4.74 Å². The van der Waals surface area contributed by atoms with Crippen LogP contribution in [-0.2, 0) is 14.6 Å². The lowest BCUT2D eigenvalue weighted by molar-refractivity contribution is 0.0531. The Kier molecular flexibility index (Phi) is 4.11. The Bertz CT molecular complexity index is 552. The van der Waals surface area contributed by atoms with Gasteiger partial charge in [0.25, 0.3) is 0 Å². The zero-order valence-corrected chi connectivity index (χ0v) is 11.6. The monoisotopic (exact) mass is 274 g/mol. The van der Waals surface area contributed by atoms with Gasteiger partial charge >= 0.3 is 5.97 Å². The number of esters is 1. The maximum atomic E-state index is 11.6. The summed E-state index contributed by atoms with van der Waals surface area (Å²) in [6.07, 6.45) is 2.56. The van der Waals surface area contributed by atoms with Crippen LogP contribution in [0.3, 0.4) is 0 Å². The first kappa shape index (κ1) is 13.9. The molecule has 0 aliphatic heterocycles. The van der Waals surface area contributed by atoms with Crippen molar-refractivity contribution in [3.05, 3.63) is 22.6 Å². The summed E-state index contributed by atoms with van der Waals surface area (Å²) in [5, 5.41) is 0. The molecule has 0 aliphatic rings. The first-order valence-electron chi connectivity index (χ1n) is 4.95. The summed E-state index contributed by atoms with van der Waals surface area (Å²) in [5.41, 5.74) is 1.09.